The van der Waals surface area contributed by atoms with E-state index >= 15 is 0 Å². The van der Waals surface area contributed by atoms with Crippen molar-refractivity contribution in [1.82, 2.24) is 0 Å². The van der Waals surface area contributed by atoms with Crippen LogP contribution in [-0.2, 0) is 4.74 Å². The average molecular weight is 263 g/mol. The van der Waals surface area contributed by atoms with Crippen LogP contribution in [0, 0.1) is 11.3 Å². The molecule has 0 saturated heterocycles. The molecule has 0 aromatic heterocycles. The van der Waals surface area contributed by atoms with E-state index in [0.29, 0.717) is 18.1 Å². The fourth-order valence-corrected chi connectivity index (χ4v) is 1.68. The van der Waals surface area contributed by atoms with Crippen molar-refractivity contribution < 1.29 is 14.6 Å². The van der Waals surface area contributed by atoms with Crippen molar-refractivity contribution in [2.45, 2.75) is 33.1 Å². The van der Waals surface area contributed by atoms with Gasteiger partial charge in [0.25, 0.3) is 0 Å². The third kappa shape index (κ3) is 5.55. The minimum atomic E-state index is -0.965. The van der Waals surface area contributed by atoms with Crippen molar-refractivity contribution in [2.75, 3.05) is 6.61 Å². The summed E-state index contributed by atoms with van der Waals surface area (Å²) in [5.41, 5.74) is 0.822. The molecule has 0 spiro atoms. The van der Waals surface area contributed by atoms with Crippen molar-refractivity contribution in [3.63, 3.8) is 0 Å². The third-order valence-corrected chi connectivity index (χ3v) is 2.82. The number of carboxylic acids is 1. The number of benzene rings is 1. The molecule has 0 aliphatic rings. The minimum Gasteiger partial charge on any atom is -0.478 e. The second-order valence-corrected chi connectivity index (χ2v) is 4.95. The van der Waals surface area contributed by atoms with Crippen molar-refractivity contribution in [2.24, 2.45) is 5.92 Å². The number of hydrogen-bond donors (Lipinski definition) is 2. The van der Waals surface area contributed by atoms with Crippen LogP contribution in [0.5, 0.6) is 0 Å². The van der Waals surface area contributed by atoms with Gasteiger partial charge in [0.2, 0.25) is 5.90 Å². The molecule has 1 aromatic carbocycles. The summed E-state index contributed by atoms with van der Waals surface area (Å²) in [6, 6.07) is 6.16. The average Bonchev–Trinajstić information content (AvgIpc) is 2.37. The SMILES string of the molecule is CC(C)CCCCOC(=N)c1ccc(C(=O)O)cc1. The maximum Gasteiger partial charge on any atom is 0.335 e. The molecule has 0 aliphatic heterocycles. The molecule has 0 amide bonds. The van der Waals surface area contributed by atoms with Crippen LogP contribution in [0.2, 0.25) is 0 Å². The summed E-state index contributed by atoms with van der Waals surface area (Å²) in [5, 5.41) is 16.5. The normalized spacial score (nSPS) is 10.5. The van der Waals surface area contributed by atoms with Gasteiger partial charge in [0, 0.05) is 5.56 Å². The maximum atomic E-state index is 10.7. The summed E-state index contributed by atoms with van der Waals surface area (Å²) in [7, 11) is 0. The molecule has 0 saturated carbocycles. The number of nitrogens with one attached hydrogen (secondary N) is 1. The quantitative estimate of drug-likeness (QED) is 0.449. The Labute approximate surface area is 113 Å². The highest BCUT2D eigenvalue weighted by atomic mass is 16.5. The van der Waals surface area contributed by atoms with Crippen LogP contribution >= 0.6 is 0 Å². The highest BCUT2D eigenvalue weighted by Gasteiger charge is 2.06. The number of carboxylic acid groups (broad SMARTS) is 1. The standard InChI is InChI=1S/C15H21NO3/c1-11(2)5-3-4-10-19-14(16)12-6-8-13(9-7-12)15(17)18/h6-9,11,16H,3-5,10H2,1-2H3,(H,17,18). The van der Waals surface area contributed by atoms with Gasteiger partial charge >= 0.3 is 5.97 Å². The van der Waals surface area contributed by atoms with E-state index < -0.39 is 5.97 Å². The second-order valence-electron chi connectivity index (χ2n) is 4.95. The van der Waals surface area contributed by atoms with E-state index in [1.807, 2.05) is 0 Å². The van der Waals surface area contributed by atoms with Crippen LogP contribution in [0.1, 0.15) is 49.0 Å². The fraction of sp³-hybridized carbons (Fsp3) is 0.467. The minimum absolute atomic E-state index is 0.0986. The Morgan fingerprint density at radius 2 is 1.79 bits per heavy atom. The lowest BCUT2D eigenvalue weighted by Crippen LogP contribution is -2.07. The summed E-state index contributed by atoms with van der Waals surface area (Å²) in [6.45, 7) is 4.91. The molecular formula is C15H21NO3. The summed E-state index contributed by atoms with van der Waals surface area (Å²) >= 11 is 0. The Hall–Kier alpha value is -1.84. The Bertz CT molecular complexity index is 424. The molecule has 0 atom stereocenters. The number of unbranched alkanes of at least 4 members (excludes halogenated alkanes) is 1. The van der Waals surface area contributed by atoms with Crippen LogP contribution in [0.3, 0.4) is 0 Å². The van der Waals surface area contributed by atoms with Gasteiger partial charge in [-0.1, -0.05) is 20.3 Å². The van der Waals surface area contributed by atoms with Crippen LogP contribution in [0.4, 0.5) is 0 Å². The Kier molecular flexibility index (Phi) is 6.06. The number of carbonyl (C=O) groups is 1. The molecule has 0 unspecified atom stereocenters. The number of aromatic carboxylic acids is 1. The van der Waals surface area contributed by atoms with Gasteiger partial charge in [0.15, 0.2) is 0 Å². The summed E-state index contributed by atoms with van der Waals surface area (Å²) < 4.78 is 5.35. The molecule has 19 heavy (non-hydrogen) atoms. The van der Waals surface area contributed by atoms with Gasteiger partial charge in [0.05, 0.1) is 12.2 Å². The molecule has 104 valence electrons. The van der Waals surface area contributed by atoms with E-state index in [9.17, 15) is 4.79 Å². The van der Waals surface area contributed by atoms with Gasteiger partial charge in [-0.05, 0) is 43.0 Å². The summed E-state index contributed by atoms with van der Waals surface area (Å²) in [6.07, 6.45) is 3.21. The third-order valence-electron chi connectivity index (χ3n) is 2.82. The number of ether oxygens (including phenoxy) is 1. The lowest BCUT2D eigenvalue weighted by atomic mass is 10.1. The van der Waals surface area contributed by atoms with E-state index in [4.69, 9.17) is 15.3 Å². The van der Waals surface area contributed by atoms with E-state index in [0.717, 1.165) is 12.8 Å². The van der Waals surface area contributed by atoms with Gasteiger partial charge in [-0.25, -0.2) is 4.79 Å². The molecule has 2 N–H and O–H groups in total. The highest BCUT2D eigenvalue weighted by molar-refractivity contribution is 5.93. The molecular weight excluding hydrogens is 242 g/mol. The first-order valence-electron chi connectivity index (χ1n) is 6.55. The molecule has 4 nitrogen and oxygen atoms in total. The second kappa shape index (κ2) is 7.56. The number of rotatable bonds is 7. The predicted molar refractivity (Wildman–Crippen MR) is 74.9 cm³/mol. The topological polar surface area (TPSA) is 70.4 Å². The zero-order valence-corrected chi connectivity index (χ0v) is 11.5. The Morgan fingerprint density at radius 1 is 1.21 bits per heavy atom. The summed E-state index contributed by atoms with van der Waals surface area (Å²) in [5.74, 6) is -0.169. The molecule has 4 heteroatoms. The molecule has 0 aliphatic carbocycles. The van der Waals surface area contributed by atoms with Crippen molar-refractivity contribution in [3.8, 4) is 0 Å². The lowest BCUT2D eigenvalue weighted by molar-refractivity contribution is 0.0697. The largest absolute Gasteiger partial charge is 0.478 e. The smallest absolute Gasteiger partial charge is 0.335 e. The van der Waals surface area contributed by atoms with Gasteiger partial charge in [-0.2, -0.15) is 0 Å². The fourth-order valence-electron chi connectivity index (χ4n) is 1.68. The molecule has 1 aromatic rings. The van der Waals surface area contributed by atoms with Crippen molar-refractivity contribution in [3.05, 3.63) is 35.4 Å². The number of hydrogen-bond acceptors (Lipinski definition) is 3. The highest BCUT2D eigenvalue weighted by Crippen LogP contribution is 2.08. The van der Waals surface area contributed by atoms with Crippen LogP contribution in [0.15, 0.2) is 24.3 Å². The van der Waals surface area contributed by atoms with Crippen molar-refractivity contribution in [1.29, 1.82) is 5.41 Å². The van der Waals surface area contributed by atoms with E-state index in [-0.39, 0.29) is 11.5 Å². The zero-order chi connectivity index (χ0) is 14.3. The van der Waals surface area contributed by atoms with Gasteiger partial charge < -0.3 is 9.84 Å². The summed E-state index contributed by atoms with van der Waals surface area (Å²) in [4.78, 5) is 10.7. The molecule has 1 rings (SSSR count). The van der Waals surface area contributed by atoms with Gasteiger partial charge in [0.1, 0.15) is 0 Å². The van der Waals surface area contributed by atoms with Crippen LogP contribution < -0.4 is 0 Å². The Morgan fingerprint density at radius 3 is 2.32 bits per heavy atom. The molecule has 0 radical (unpaired) electrons. The molecule has 0 fully saturated rings. The monoisotopic (exact) mass is 263 g/mol. The lowest BCUT2D eigenvalue weighted by Gasteiger charge is -2.08. The van der Waals surface area contributed by atoms with E-state index in [1.165, 1.54) is 18.6 Å². The van der Waals surface area contributed by atoms with Gasteiger partial charge in [-0.3, -0.25) is 5.41 Å². The van der Waals surface area contributed by atoms with Crippen LogP contribution in [-0.4, -0.2) is 23.6 Å². The van der Waals surface area contributed by atoms with E-state index in [1.54, 1.807) is 12.1 Å². The predicted octanol–water partition coefficient (Wildman–Crippen LogP) is 3.55. The first-order chi connectivity index (χ1) is 9.00. The zero-order valence-electron chi connectivity index (χ0n) is 11.5. The van der Waals surface area contributed by atoms with Crippen molar-refractivity contribution >= 4 is 11.9 Å². The van der Waals surface area contributed by atoms with E-state index in [2.05, 4.69) is 13.8 Å². The first kappa shape index (κ1) is 15.2. The Balaban J connectivity index is 2.35. The van der Waals surface area contributed by atoms with Crippen LogP contribution in [0.25, 0.3) is 0 Å². The molecule has 0 heterocycles. The molecule has 0 bridgehead atoms. The first-order valence-corrected chi connectivity index (χ1v) is 6.55. The van der Waals surface area contributed by atoms with Gasteiger partial charge in [-0.15, -0.1) is 0 Å². The maximum absolute atomic E-state index is 10.7.